The molecule has 5 rings (SSSR count). The fourth-order valence-corrected chi connectivity index (χ4v) is 6.04. The van der Waals surface area contributed by atoms with E-state index in [0.29, 0.717) is 20.5 Å². The molecule has 0 bridgehead atoms. The molecular formula is C23H14N4O3S3. The summed E-state index contributed by atoms with van der Waals surface area (Å²) in [5.74, 6) is -0.287. The summed E-state index contributed by atoms with van der Waals surface area (Å²) in [6, 6.07) is 22.0. The molecule has 0 saturated carbocycles. The number of nitrogens with zero attached hydrogens (tertiary/aromatic N) is 3. The standard InChI is InChI=1S/C23H14N4O3S3/c28-21-20(31-22(26-21)24-15-6-2-1-3-7-15)13-14-10-11-19(17(12-14)27(29)30)33-23-25-16-8-4-5-9-18(16)32-23/h1-13H,(H,24,26,28)/b20-13-. The molecule has 1 saturated heterocycles. The molecule has 2 heterocycles. The molecule has 162 valence electrons. The Morgan fingerprint density at radius 2 is 1.85 bits per heavy atom. The Kier molecular flexibility index (Phi) is 5.95. The van der Waals surface area contributed by atoms with E-state index in [-0.39, 0.29) is 11.6 Å². The van der Waals surface area contributed by atoms with Gasteiger partial charge in [-0.3, -0.25) is 14.9 Å². The zero-order chi connectivity index (χ0) is 22.8. The van der Waals surface area contributed by atoms with Crippen LogP contribution in [0.25, 0.3) is 16.3 Å². The molecule has 33 heavy (non-hydrogen) atoms. The topological polar surface area (TPSA) is 97.5 Å². The average molecular weight is 491 g/mol. The lowest BCUT2D eigenvalue weighted by Gasteiger charge is -2.02. The van der Waals surface area contributed by atoms with Crippen molar-refractivity contribution < 1.29 is 9.72 Å². The van der Waals surface area contributed by atoms with Crippen LogP contribution in [0.1, 0.15) is 5.56 Å². The monoisotopic (exact) mass is 490 g/mol. The number of thiazole rings is 1. The number of thioether (sulfide) groups is 1. The third kappa shape index (κ3) is 4.82. The van der Waals surface area contributed by atoms with Crippen molar-refractivity contribution in [3.63, 3.8) is 0 Å². The average Bonchev–Trinajstić information content (AvgIpc) is 3.37. The highest BCUT2D eigenvalue weighted by atomic mass is 32.2. The fourth-order valence-electron chi connectivity index (χ4n) is 3.09. The minimum absolute atomic E-state index is 0.0322. The van der Waals surface area contributed by atoms with E-state index < -0.39 is 4.92 Å². The highest BCUT2D eigenvalue weighted by molar-refractivity contribution is 8.18. The second kappa shape index (κ2) is 9.18. The van der Waals surface area contributed by atoms with E-state index in [2.05, 4.69) is 15.3 Å². The third-order valence-corrected chi connectivity index (χ3v) is 7.66. The highest BCUT2D eigenvalue weighted by Crippen LogP contribution is 2.39. The number of aliphatic imine (C=N–C) groups is 1. The number of fused-ring (bicyclic) bond motifs is 1. The van der Waals surface area contributed by atoms with E-state index >= 15 is 0 Å². The Morgan fingerprint density at radius 3 is 2.64 bits per heavy atom. The summed E-state index contributed by atoms with van der Waals surface area (Å²) in [4.78, 5) is 33.6. The number of amidine groups is 1. The van der Waals surface area contributed by atoms with Gasteiger partial charge in [0.1, 0.15) is 0 Å². The number of benzene rings is 3. The van der Waals surface area contributed by atoms with E-state index in [0.717, 1.165) is 20.2 Å². The second-order valence-corrected chi connectivity index (χ2v) is 10.2. The van der Waals surface area contributed by atoms with Crippen molar-refractivity contribution in [2.75, 3.05) is 0 Å². The highest BCUT2D eigenvalue weighted by Gasteiger charge is 2.24. The van der Waals surface area contributed by atoms with Gasteiger partial charge in [-0.15, -0.1) is 11.3 Å². The number of nitrogens with one attached hydrogen (secondary N) is 1. The van der Waals surface area contributed by atoms with Crippen molar-refractivity contribution in [3.8, 4) is 0 Å². The molecule has 1 amide bonds. The maximum absolute atomic E-state index is 12.4. The Balaban J connectivity index is 1.40. The van der Waals surface area contributed by atoms with Crippen LogP contribution in [0.2, 0.25) is 0 Å². The van der Waals surface area contributed by atoms with Crippen molar-refractivity contribution in [1.82, 2.24) is 10.3 Å². The maximum atomic E-state index is 12.4. The molecule has 1 aromatic heterocycles. The van der Waals surface area contributed by atoms with Gasteiger partial charge in [-0.1, -0.05) is 48.2 Å². The number of para-hydroxylation sites is 2. The van der Waals surface area contributed by atoms with Crippen LogP contribution in [-0.4, -0.2) is 21.0 Å². The molecule has 0 unspecified atom stereocenters. The lowest BCUT2D eigenvalue weighted by atomic mass is 10.2. The normalized spacial score (nSPS) is 15.9. The van der Waals surface area contributed by atoms with Crippen LogP contribution in [0.5, 0.6) is 0 Å². The number of carbonyl (C=O) groups is 1. The van der Waals surface area contributed by atoms with Gasteiger partial charge in [0, 0.05) is 6.07 Å². The van der Waals surface area contributed by atoms with Gasteiger partial charge < -0.3 is 5.32 Å². The molecule has 0 aliphatic carbocycles. The molecule has 0 spiro atoms. The fraction of sp³-hybridized carbons (Fsp3) is 0. The van der Waals surface area contributed by atoms with E-state index in [4.69, 9.17) is 0 Å². The van der Waals surface area contributed by atoms with Gasteiger partial charge in [-0.25, -0.2) is 9.98 Å². The van der Waals surface area contributed by atoms with Crippen LogP contribution < -0.4 is 5.32 Å². The predicted octanol–water partition coefficient (Wildman–Crippen LogP) is 6.25. The lowest BCUT2D eigenvalue weighted by Crippen LogP contribution is -2.19. The summed E-state index contributed by atoms with van der Waals surface area (Å²) in [6.45, 7) is 0. The molecule has 1 N–H and O–H groups in total. The Labute approximate surface area is 200 Å². The Hall–Kier alpha value is -3.47. The number of amides is 1. The largest absolute Gasteiger partial charge is 0.300 e. The van der Waals surface area contributed by atoms with E-state index in [1.807, 2.05) is 54.6 Å². The van der Waals surface area contributed by atoms with Gasteiger partial charge in [0.15, 0.2) is 9.51 Å². The van der Waals surface area contributed by atoms with Gasteiger partial charge in [-0.2, -0.15) is 0 Å². The van der Waals surface area contributed by atoms with Crippen LogP contribution in [0.15, 0.2) is 91.9 Å². The minimum atomic E-state index is -0.415. The van der Waals surface area contributed by atoms with Crippen molar-refractivity contribution in [2.45, 2.75) is 9.24 Å². The molecule has 7 nitrogen and oxygen atoms in total. The van der Waals surface area contributed by atoms with Crippen molar-refractivity contribution >= 4 is 73.6 Å². The van der Waals surface area contributed by atoms with Gasteiger partial charge in [0.25, 0.3) is 11.6 Å². The molecule has 3 aromatic carbocycles. The van der Waals surface area contributed by atoms with Crippen molar-refractivity contribution in [3.05, 3.63) is 93.4 Å². The lowest BCUT2D eigenvalue weighted by molar-refractivity contribution is -0.387. The zero-order valence-electron chi connectivity index (χ0n) is 16.8. The number of hydrogen-bond donors (Lipinski definition) is 1. The minimum Gasteiger partial charge on any atom is -0.300 e. The van der Waals surface area contributed by atoms with Crippen LogP contribution in [0.4, 0.5) is 11.4 Å². The SMILES string of the molecule is O=C1NC(=Nc2ccccc2)S/C1=C\c1ccc(Sc2nc3ccccc3s2)c([N+](=O)[O-])c1. The number of nitro benzene ring substituents is 1. The second-order valence-electron chi connectivity index (χ2n) is 6.85. The van der Waals surface area contributed by atoms with Gasteiger partial charge in [0.05, 0.1) is 30.6 Å². The molecule has 0 radical (unpaired) electrons. The molecular weight excluding hydrogens is 476 g/mol. The molecule has 0 atom stereocenters. The first kappa shape index (κ1) is 21.4. The molecule has 10 heteroatoms. The number of rotatable bonds is 5. The molecule has 1 aliphatic rings. The summed E-state index contributed by atoms with van der Waals surface area (Å²) in [6.07, 6.45) is 1.63. The van der Waals surface area contributed by atoms with Gasteiger partial charge in [-0.05, 0) is 53.7 Å². The maximum Gasteiger partial charge on any atom is 0.283 e. The Morgan fingerprint density at radius 1 is 1.06 bits per heavy atom. The molecule has 1 aliphatic heterocycles. The van der Waals surface area contributed by atoms with E-state index in [1.54, 1.807) is 18.2 Å². The van der Waals surface area contributed by atoms with E-state index in [9.17, 15) is 14.9 Å². The number of nitro groups is 1. The number of hydrogen-bond acceptors (Lipinski definition) is 8. The number of aromatic nitrogens is 1. The predicted molar refractivity (Wildman–Crippen MR) is 134 cm³/mol. The summed E-state index contributed by atoms with van der Waals surface area (Å²) in [5, 5.41) is 14.9. The van der Waals surface area contributed by atoms with Crippen LogP contribution in [-0.2, 0) is 4.79 Å². The summed E-state index contributed by atoms with van der Waals surface area (Å²) >= 11 is 3.95. The summed E-state index contributed by atoms with van der Waals surface area (Å²) in [7, 11) is 0. The summed E-state index contributed by atoms with van der Waals surface area (Å²) < 4.78 is 1.76. The van der Waals surface area contributed by atoms with Crippen LogP contribution in [0.3, 0.4) is 0 Å². The molecule has 4 aromatic rings. The van der Waals surface area contributed by atoms with Gasteiger partial charge in [0.2, 0.25) is 0 Å². The van der Waals surface area contributed by atoms with Crippen molar-refractivity contribution in [2.24, 2.45) is 4.99 Å². The van der Waals surface area contributed by atoms with E-state index in [1.165, 1.54) is 40.9 Å². The van der Waals surface area contributed by atoms with Crippen LogP contribution >= 0.6 is 34.9 Å². The summed E-state index contributed by atoms with van der Waals surface area (Å²) in [5.41, 5.74) is 2.13. The Bertz CT molecular complexity index is 1410. The van der Waals surface area contributed by atoms with Crippen LogP contribution in [0, 0.1) is 10.1 Å². The third-order valence-electron chi connectivity index (χ3n) is 4.59. The van der Waals surface area contributed by atoms with Crippen molar-refractivity contribution in [1.29, 1.82) is 0 Å². The smallest absolute Gasteiger partial charge is 0.283 e. The van der Waals surface area contributed by atoms with Gasteiger partial charge >= 0.3 is 0 Å². The first-order valence-corrected chi connectivity index (χ1v) is 12.2. The first-order chi connectivity index (χ1) is 16.0. The number of carbonyl (C=O) groups excluding carboxylic acids is 1. The first-order valence-electron chi connectivity index (χ1n) is 9.72. The zero-order valence-corrected chi connectivity index (χ0v) is 19.2. The quantitative estimate of drug-likeness (QED) is 0.202. The molecule has 1 fully saturated rings.